The van der Waals surface area contributed by atoms with Crippen molar-refractivity contribution in [2.45, 2.75) is 6.92 Å². The number of nitrogens with two attached hydrogens (primary N) is 2. The first-order chi connectivity index (χ1) is 11.5. The van der Waals surface area contributed by atoms with Crippen LogP contribution in [-0.4, -0.2) is 15.9 Å². The molecule has 24 heavy (non-hydrogen) atoms. The van der Waals surface area contributed by atoms with Crippen LogP contribution in [0.4, 0.5) is 16.0 Å². The summed E-state index contributed by atoms with van der Waals surface area (Å²) in [7, 11) is 0. The van der Waals surface area contributed by atoms with Crippen LogP contribution < -0.4 is 16.8 Å². The van der Waals surface area contributed by atoms with E-state index >= 15 is 0 Å². The smallest absolute Gasteiger partial charge is 0.213 e. The molecule has 0 spiro atoms. The van der Waals surface area contributed by atoms with Crippen LogP contribution in [0.1, 0.15) is 11.3 Å². The number of hydrogen-bond donors (Lipinski definition) is 3. The van der Waals surface area contributed by atoms with Crippen molar-refractivity contribution < 1.29 is 0 Å². The Labute approximate surface area is 146 Å². The molecule has 0 atom stereocenters. The molecule has 0 aliphatic carbocycles. The first-order valence-electron chi connectivity index (χ1n) is 6.85. The van der Waals surface area contributed by atoms with Crippen molar-refractivity contribution in [3.05, 3.63) is 41.7 Å². The lowest BCUT2D eigenvalue weighted by molar-refractivity contribution is 1.24. The fraction of sp³-hybridized carbons (Fsp3) is 0.0667. The average molecular weight is 355 g/mol. The molecule has 7 nitrogen and oxygen atoms in total. The second kappa shape index (κ2) is 6.66. The molecule has 0 unspecified atom stereocenters. The summed E-state index contributed by atoms with van der Waals surface area (Å²) in [6, 6.07) is 9.29. The van der Waals surface area contributed by atoms with Gasteiger partial charge in [0.25, 0.3) is 0 Å². The molecule has 0 bridgehead atoms. The number of nitrogens with zero attached hydrogens (tertiary/aromatic N) is 4. The summed E-state index contributed by atoms with van der Waals surface area (Å²) in [6.45, 7) is 1.91. The molecule has 3 rings (SSSR count). The summed E-state index contributed by atoms with van der Waals surface area (Å²) >= 11 is 2.92. The van der Waals surface area contributed by atoms with Gasteiger partial charge in [-0.3, -0.25) is 0 Å². The van der Waals surface area contributed by atoms with Gasteiger partial charge in [0.05, 0.1) is 27.1 Å². The number of nitriles is 1. The van der Waals surface area contributed by atoms with Crippen LogP contribution >= 0.6 is 22.7 Å². The maximum atomic E-state index is 8.82. The molecule has 9 heteroatoms. The molecule has 3 aromatic rings. The minimum absolute atomic E-state index is 0.0113. The maximum Gasteiger partial charge on any atom is 0.213 e. The van der Waals surface area contributed by atoms with Crippen molar-refractivity contribution in [3.63, 3.8) is 0 Å². The number of rotatable bonds is 4. The Morgan fingerprint density at radius 1 is 1.25 bits per heavy atom. The summed E-state index contributed by atoms with van der Waals surface area (Å²) in [6.07, 6.45) is 1.79. The van der Waals surface area contributed by atoms with Gasteiger partial charge in [0.2, 0.25) is 5.13 Å². The summed E-state index contributed by atoms with van der Waals surface area (Å²) in [5.41, 5.74) is 13.1. The average Bonchev–Trinajstić information content (AvgIpc) is 3.14. The number of anilines is 2. The number of hydrogen-bond acceptors (Lipinski definition) is 7. The number of aryl methyl sites for hydroxylation is 1. The second-order valence-electron chi connectivity index (χ2n) is 4.79. The number of nitrogens with one attached hydrogen (secondary N) is 1. The zero-order valence-corrected chi connectivity index (χ0v) is 14.3. The van der Waals surface area contributed by atoms with Crippen LogP contribution in [-0.2, 0) is 0 Å². The van der Waals surface area contributed by atoms with E-state index in [9.17, 15) is 0 Å². The van der Waals surface area contributed by atoms with E-state index in [1.165, 1.54) is 22.7 Å². The highest BCUT2D eigenvalue weighted by atomic mass is 32.1. The predicted molar refractivity (Wildman–Crippen MR) is 97.9 cm³/mol. The highest BCUT2D eigenvalue weighted by molar-refractivity contribution is 7.25. The lowest BCUT2D eigenvalue weighted by Crippen LogP contribution is -2.21. The molecule has 0 radical (unpaired) electrons. The van der Waals surface area contributed by atoms with Gasteiger partial charge in [0.1, 0.15) is 0 Å². The highest BCUT2D eigenvalue weighted by Crippen LogP contribution is 2.38. The van der Waals surface area contributed by atoms with Crippen LogP contribution in [0.5, 0.6) is 0 Å². The van der Waals surface area contributed by atoms with Crippen molar-refractivity contribution >= 4 is 44.6 Å². The molecular weight excluding hydrogens is 342 g/mol. The lowest BCUT2D eigenvalue weighted by Gasteiger charge is -2.01. The Morgan fingerprint density at radius 3 is 2.67 bits per heavy atom. The van der Waals surface area contributed by atoms with Crippen LogP contribution in [0, 0.1) is 18.3 Å². The molecule has 1 aromatic carbocycles. The molecule has 0 fully saturated rings. The maximum absolute atomic E-state index is 8.82. The Hall–Kier alpha value is -2.96. The molecule has 2 aromatic heterocycles. The van der Waals surface area contributed by atoms with E-state index in [2.05, 4.69) is 26.3 Å². The number of thiazole rings is 2. The third-order valence-electron chi connectivity index (χ3n) is 3.00. The summed E-state index contributed by atoms with van der Waals surface area (Å²) in [5.74, 6) is -0.0113. The molecule has 0 saturated carbocycles. The van der Waals surface area contributed by atoms with Crippen molar-refractivity contribution in [1.29, 1.82) is 5.26 Å². The third kappa shape index (κ3) is 3.51. The lowest BCUT2D eigenvalue weighted by atomic mass is 10.2. The van der Waals surface area contributed by atoms with E-state index in [1.807, 2.05) is 19.1 Å². The molecule has 120 valence electrons. The van der Waals surface area contributed by atoms with Gasteiger partial charge in [-0.2, -0.15) is 10.3 Å². The third-order valence-corrected chi connectivity index (χ3v) is 5.15. The van der Waals surface area contributed by atoms with E-state index in [-0.39, 0.29) is 5.96 Å². The van der Waals surface area contributed by atoms with E-state index < -0.39 is 0 Å². The number of guanidine groups is 1. The predicted octanol–water partition coefficient (Wildman–Crippen LogP) is 3.10. The van der Waals surface area contributed by atoms with Gasteiger partial charge in [-0.05, 0) is 31.2 Å². The molecule has 0 amide bonds. The Balaban J connectivity index is 1.81. The quantitative estimate of drug-likeness (QED) is 0.487. The van der Waals surface area contributed by atoms with Crippen molar-refractivity contribution in [2.24, 2.45) is 16.5 Å². The van der Waals surface area contributed by atoms with Crippen LogP contribution in [0.2, 0.25) is 0 Å². The van der Waals surface area contributed by atoms with Crippen LogP contribution in [0.15, 0.2) is 35.5 Å². The minimum Gasteiger partial charge on any atom is -0.370 e. The monoisotopic (exact) mass is 355 g/mol. The minimum atomic E-state index is -0.0113. The van der Waals surface area contributed by atoms with Gasteiger partial charge < -0.3 is 16.8 Å². The second-order valence-corrected chi connectivity index (χ2v) is 6.80. The highest BCUT2D eigenvalue weighted by Gasteiger charge is 2.13. The fourth-order valence-corrected chi connectivity index (χ4v) is 3.90. The summed E-state index contributed by atoms with van der Waals surface area (Å²) in [4.78, 5) is 14.7. The SMILES string of the molecule is Cc1nc(N=C(N)N)sc1-c1cnc(Nc2ccc(C#N)cc2)s1. The molecule has 0 saturated heterocycles. The van der Waals surface area contributed by atoms with Gasteiger partial charge in [-0.1, -0.05) is 22.7 Å². The van der Waals surface area contributed by atoms with Gasteiger partial charge in [0.15, 0.2) is 11.1 Å². The van der Waals surface area contributed by atoms with Crippen molar-refractivity contribution in [3.8, 4) is 15.8 Å². The number of benzene rings is 1. The Morgan fingerprint density at radius 2 is 2.00 bits per heavy atom. The van der Waals surface area contributed by atoms with Gasteiger partial charge in [-0.25, -0.2) is 9.97 Å². The normalized spacial score (nSPS) is 10.2. The topological polar surface area (TPSA) is 126 Å². The van der Waals surface area contributed by atoms with E-state index in [0.29, 0.717) is 10.7 Å². The zero-order chi connectivity index (χ0) is 17.1. The van der Waals surface area contributed by atoms with E-state index in [0.717, 1.165) is 26.3 Å². The summed E-state index contributed by atoms with van der Waals surface area (Å²) in [5, 5.41) is 13.3. The zero-order valence-electron chi connectivity index (χ0n) is 12.6. The summed E-state index contributed by atoms with van der Waals surface area (Å²) < 4.78 is 0. The van der Waals surface area contributed by atoms with Gasteiger partial charge in [-0.15, -0.1) is 0 Å². The van der Waals surface area contributed by atoms with Crippen LogP contribution in [0.3, 0.4) is 0 Å². The number of aromatic nitrogens is 2. The van der Waals surface area contributed by atoms with Crippen LogP contribution in [0.25, 0.3) is 9.75 Å². The first kappa shape index (κ1) is 15.9. The molecule has 5 N–H and O–H groups in total. The van der Waals surface area contributed by atoms with E-state index in [1.54, 1.807) is 18.3 Å². The van der Waals surface area contributed by atoms with Crippen molar-refractivity contribution in [2.75, 3.05) is 5.32 Å². The largest absolute Gasteiger partial charge is 0.370 e. The van der Waals surface area contributed by atoms with E-state index in [4.69, 9.17) is 16.7 Å². The first-order valence-corrected chi connectivity index (χ1v) is 8.49. The van der Waals surface area contributed by atoms with Gasteiger partial charge in [0, 0.05) is 11.9 Å². The fourth-order valence-electron chi connectivity index (χ4n) is 1.96. The Kier molecular flexibility index (Phi) is 4.41. The van der Waals surface area contributed by atoms with Crippen molar-refractivity contribution in [1.82, 2.24) is 9.97 Å². The number of aliphatic imine (C=N–C) groups is 1. The molecular formula is C15H13N7S2. The molecule has 0 aliphatic heterocycles. The molecule has 0 aliphatic rings. The molecule has 2 heterocycles. The Bertz CT molecular complexity index is 928. The standard InChI is InChI=1S/C15H13N7S2/c1-8-12(24-15(20-8)22-13(17)18)11-7-19-14(23-11)21-10-4-2-9(6-16)3-5-10/h2-5,7H,1H3,(H,19,21)(H4,17,18,20,22). The van der Waals surface area contributed by atoms with Gasteiger partial charge >= 0.3 is 0 Å².